The molecule has 3 aromatic carbocycles. The van der Waals surface area contributed by atoms with Crippen molar-refractivity contribution in [2.75, 3.05) is 26.9 Å². The number of fused-ring (bicyclic) bond motifs is 1. The predicted octanol–water partition coefficient (Wildman–Crippen LogP) is 4.53. The van der Waals surface area contributed by atoms with Gasteiger partial charge in [0.25, 0.3) is 5.91 Å². The Hall–Kier alpha value is -2.88. The van der Waals surface area contributed by atoms with Gasteiger partial charge in [0.1, 0.15) is 5.75 Å². The SMILES string of the molecule is COCCN(Cc1ccc(C#N)cc1)C(=O)COc1ccc2ccccc2c1Br. The first kappa shape index (κ1) is 20.8. The summed E-state index contributed by atoms with van der Waals surface area (Å²) in [6.45, 7) is 1.24. The van der Waals surface area contributed by atoms with E-state index in [4.69, 9.17) is 14.7 Å². The smallest absolute Gasteiger partial charge is 0.260 e. The fraction of sp³-hybridized carbons (Fsp3) is 0.217. The first-order chi connectivity index (χ1) is 14.1. The van der Waals surface area contributed by atoms with E-state index in [9.17, 15) is 4.79 Å². The summed E-state index contributed by atoms with van der Waals surface area (Å²) in [5.41, 5.74) is 1.54. The van der Waals surface area contributed by atoms with E-state index in [0.717, 1.165) is 20.8 Å². The molecule has 0 aromatic heterocycles. The van der Waals surface area contributed by atoms with Gasteiger partial charge in [0.05, 0.1) is 22.7 Å². The maximum Gasteiger partial charge on any atom is 0.260 e. The van der Waals surface area contributed by atoms with Crippen molar-refractivity contribution in [3.05, 3.63) is 76.3 Å². The van der Waals surface area contributed by atoms with Crippen LogP contribution in [0.1, 0.15) is 11.1 Å². The largest absolute Gasteiger partial charge is 0.483 e. The lowest BCUT2D eigenvalue weighted by atomic mass is 10.1. The molecule has 0 saturated carbocycles. The second-order valence-electron chi connectivity index (χ2n) is 6.50. The van der Waals surface area contributed by atoms with Crippen molar-refractivity contribution < 1.29 is 14.3 Å². The zero-order chi connectivity index (χ0) is 20.6. The highest BCUT2D eigenvalue weighted by Gasteiger charge is 2.16. The lowest BCUT2D eigenvalue weighted by Gasteiger charge is -2.23. The van der Waals surface area contributed by atoms with Gasteiger partial charge >= 0.3 is 0 Å². The molecule has 0 aliphatic heterocycles. The number of nitriles is 1. The molecule has 0 spiro atoms. The molecule has 0 unspecified atom stereocenters. The Bertz CT molecular complexity index is 1030. The van der Waals surface area contributed by atoms with Gasteiger partial charge in [-0.15, -0.1) is 0 Å². The maximum absolute atomic E-state index is 12.8. The Balaban J connectivity index is 1.69. The number of hydrogen-bond donors (Lipinski definition) is 0. The third kappa shape index (κ3) is 5.35. The van der Waals surface area contributed by atoms with Crippen molar-refractivity contribution in [3.8, 4) is 11.8 Å². The van der Waals surface area contributed by atoms with Crippen LogP contribution in [0.5, 0.6) is 5.75 Å². The molecule has 0 aliphatic carbocycles. The summed E-state index contributed by atoms with van der Waals surface area (Å²) in [4.78, 5) is 14.5. The van der Waals surface area contributed by atoms with Crippen molar-refractivity contribution in [2.45, 2.75) is 6.54 Å². The molecule has 0 heterocycles. The van der Waals surface area contributed by atoms with Crippen molar-refractivity contribution in [1.29, 1.82) is 5.26 Å². The highest BCUT2D eigenvalue weighted by Crippen LogP contribution is 2.33. The zero-order valence-corrected chi connectivity index (χ0v) is 17.7. The zero-order valence-electron chi connectivity index (χ0n) is 16.1. The molecule has 1 amide bonds. The monoisotopic (exact) mass is 452 g/mol. The van der Waals surface area contributed by atoms with E-state index in [-0.39, 0.29) is 12.5 Å². The van der Waals surface area contributed by atoms with Crippen LogP contribution < -0.4 is 4.74 Å². The van der Waals surface area contributed by atoms with E-state index in [2.05, 4.69) is 22.0 Å². The van der Waals surface area contributed by atoms with Gasteiger partial charge in [0, 0.05) is 20.2 Å². The topological polar surface area (TPSA) is 62.6 Å². The highest BCUT2D eigenvalue weighted by molar-refractivity contribution is 9.10. The summed E-state index contributed by atoms with van der Waals surface area (Å²) < 4.78 is 11.8. The first-order valence-corrected chi connectivity index (χ1v) is 9.97. The number of amides is 1. The summed E-state index contributed by atoms with van der Waals surface area (Å²) >= 11 is 3.58. The summed E-state index contributed by atoms with van der Waals surface area (Å²) in [5, 5.41) is 11.1. The van der Waals surface area contributed by atoms with E-state index in [0.29, 0.717) is 31.0 Å². The van der Waals surface area contributed by atoms with Gasteiger partial charge in [-0.3, -0.25) is 4.79 Å². The molecule has 6 heteroatoms. The molecule has 5 nitrogen and oxygen atoms in total. The second-order valence-corrected chi connectivity index (χ2v) is 7.30. The Morgan fingerprint density at radius 3 is 2.59 bits per heavy atom. The van der Waals surface area contributed by atoms with Gasteiger partial charge in [-0.25, -0.2) is 0 Å². The lowest BCUT2D eigenvalue weighted by Crippen LogP contribution is -2.36. The molecule has 0 radical (unpaired) electrons. The molecule has 0 fully saturated rings. The molecule has 3 rings (SSSR count). The van der Waals surface area contributed by atoms with Crippen LogP contribution >= 0.6 is 15.9 Å². The van der Waals surface area contributed by atoms with E-state index >= 15 is 0 Å². The van der Waals surface area contributed by atoms with E-state index in [1.165, 1.54) is 0 Å². The normalized spacial score (nSPS) is 10.5. The van der Waals surface area contributed by atoms with Crippen LogP contribution in [0.3, 0.4) is 0 Å². The Morgan fingerprint density at radius 2 is 1.86 bits per heavy atom. The van der Waals surface area contributed by atoms with Crippen molar-refractivity contribution in [1.82, 2.24) is 4.90 Å². The molecule has 0 bridgehead atoms. The van der Waals surface area contributed by atoms with E-state index in [1.54, 1.807) is 24.1 Å². The number of hydrogen-bond acceptors (Lipinski definition) is 4. The third-order valence-electron chi connectivity index (χ3n) is 4.55. The van der Waals surface area contributed by atoms with Crippen LogP contribution in [-0.2, 0) is 16.1 Å². The standard InChI is InChI=1S/C23H21BrN2O3/c1-28-13-12-26(15-18-8-6-17(14-25)7-9-18)22(27)16-29-21-11-10-19-4-2-3-5-20(19)23(21)24/h2-11H,12-13,15-16H2,1H3. The Morgan fingerprint density at radius 1 is 1.10 bits per heavy atom. The van der Waals surface area contributed by atoms with Gasteiger partial charge < -0.3 is 14.4 Å². The number of benzene rings is 3. The van der Waals surface area contributed by atoms with Gasteiger partial charge in [-0.05, 0) is 50.5 Å². The van der Waals surface area contributed by atoms with Gasteiger partial charge in [0.15, 0.2) is 6.61 Å². The minimum absolute atomic E-state index is 0.0725. The molecular weight excluding hydrogens is 432 g/mol. The first-order valence-electron chi connectivity index (χ1n) is 9.18. The number of halogens is 1. The lowest BCUT2D eigenvalue weighted by molar-refractivity contribution is -0.134. The molecule has 29 heavy (non-hydrogen) atoms. The number of rotatable bonds is 8. The molecule has 0 aliphatic rings. The molecule has 148 valence electrons. The van der Waals surface area contributed by atoms with Crippen molar-refractivity contribution >= 4 is 32.6 Å². The number of nitrogens with zero attached hydrogens (tertiary/aromatic N) is 2. The summed E-state index contributed by atoms with van der Waals surface area (Å²) in [6, 6.07) is 21.1. The Kier molecular flexibility index (Phi) is 7.23. The van der Waals surface area contributed by atoms with Crippen LogP contribution in [-0.4, -0.2) is 37.7 Å². The third-order valence-corrected chi connectivity index (χ3v) is 5.37. The molecular formula is C23H21BrN2O3. The highest BCUT2D eigenvalue weighted by atomic mass is 79.9. The minimum atomic E-state index is -0.133. The molecule has 3 aromatic rings. The molecule has 0 atom stereocenters. The number of ether oxygens (including phenoxy) is 2. The minimum Gasteiger partial charge on any atom is -0.483 e. The van der Waals surface area contributed by atoms with Crippen LogP contribution in [0.15, 0.2) is 65.1 Å². The van der Waals surface area contributed by atoms with Crippen LogP contribution in [0, 0.1) is 11.3 Å². The van der Waals surface area contributed by atoms with Crippen LogP contribution in [0.25, 0.3) is 10.8 Å². The number of carbonyl (C=O) groups is 1. The maximum atomic E-state index is 12.8. The van der Waals surface area contributed by atoms with Crippen LogP contribution in [0.2, 0.25) is 0 Å². The predicted molar refractivity (Wildman–Crippen MR) is 116 cm³/mol. The van der Waals surface area contributed by atoms with Gasteiger partial charge in [-0.1, -0.05) is 42.5 Å². The molecule has 0 saturated heterocycles. The van der Waals surface area contributed by atoms with Gasteiger partial charge in [-0.2, -0.15) is 5.26 Å². The van der Waals surface area contributed by atoms with Crippen molar-refractivity contribution in [2.24, 2.45) is 0 Å². The quantitative estimate of drug-likeness (QED) is 0.503. The van der Waals surface area contributed by atoms with E-state index in [1.807, 2.05) is 48.5 Å². The summed E-state index contributed by atoms with van der Waals surface area (Å²) in [6.07, 6.45) is 0. The van der Waals surface area contributed by atoms with Crippen LogP contribution in [0.4, 0.5) is 0 Å². The van der Waals surface area contributed by atoms with Gasteiger partial charge in [0.2, 0.25) is 0 Å². The molecule has 0 N–H and O–H groups in total. The van der Waals surface area contributed by atoms with E-state index < -0.39 is 0 Å². The second kappa shape index (κ2) is 10.1. The van der Waals surface area contributed by atoms with Crippen molar-refractivity contribution in [3.63, 3.8) is 0 Å². The average Bonchev–Trinajstić information content (AvgIpc) is 2.76. The Labute approximate surface area is 178 Å². The summed E-state index contributed by atoms with van der Waals surface area (Å²) in [5.74, 6) is 0.494. The fourth-order valence-corrected chi connectivity index (χ4v) is 3.56. The number of methoxy groups -OCH3 is 1. The average molecular weight is 453 g/mol. The fourth-order valence-electron chi connectivity index (χ4n) is 2.95. The summed E-state index contributed by atoms with van der Waals surface area (Å²) in [7, 11) is 1.60. The number of carbonyl (C=O) groups excluding carboxylic acids is 1.